The molecule has 114 valence electrons. The molecule has 20 heavy (non-hydrogen) atoms. The highest BCUT2D eigenvalue weighted by atomic mass is 32.1. The number of piperazine rings is 1. The van der Waals surface area contributed by atoms with Gasteiger partial charge in [0.2, 0.25) is 5.91 Å². The van der Waals surface area contributed by atoms with E-state index in [2.05, 4.69) is 18.9 Å². The Kier molecular flexibility index (Phi) is 5.02. The third-order valence-corrected chi connectivity index (χ3v) is 5.32. The Morgan fingerprint density at radius 3 is 2.30 bits per heavy atom. The average Bonchev–Trinajstić information content (AvgIpc) is 2.64. The lowest BCUT2D eigenvalue weighted by atomic mass is 9.78. The number of hydrogen-bond acceptors (Lipinski definition) is 3. The van der Waals surface area contributed by atoms with Crippen LogP contribution in [0.4, 0.5) is 0 Å². The predicted molar refractivity (Wildman–Crippen MR) is 85.6 cm³/mol. The fourth-order valence-corrected chi connectivity index (χ4v) is 3.91. The van der Waals surface area contributed by atoms with Gasteiger partial charge < -0.3 is 15.5 Å². The Labute approximate surface area is 127 Å². The van der Waals surface area contributed by atoms with Gasteiger partial charge in [0.25, 0.3) is 0 Å². The lowest BCUT2D eigenvalue weighted by molar-refractivity contribution is -0.143. The smallest absolute Gasteiger partial charge is 0.235 e. The van der Waals surface area contributed by atoms with Crippen LogP contribution in [0.2, 0.25) is 0 Å². The van der Waals surface area contributed by atoms with Crippen LogP contribution >= 0.6 is 12.2 Å². The van der Waals surface area contributed by atoms with Crippen molar-refractivity contribution >= 4 is 23.1 Å². The molecule has 4 nitrogen and oxygen atoms in total. The van der Waals surface area contributed by atoms with E-state index >= 15 is 0 Å². The zero-order valence-electron chi connectivity index (χ0n) is 12.7. The molecule has 1 aliphatic heterocycles. The summed E-state index contributed by atoms with van der Waals surface area (Å²) in [7, 11) is 2.10. The Bertz CT molecular complexity index is 377. The SMILES string of the molecule is CC1CN(C)CCN1C(=O)C1(C(N)=S)CCCCCC1. The first kappa shape index (κ1) is 15.7. The lowest BCUT2D eigenvalue weighted by Crippen LogP contribution is -2.59. The van der Waals surface area contributed by atoms with Crippen molar-refractivity contribution in [1.82, 2.24) is 9.80 Å². The van der Waals surface area contributed by atoms with Gasteiger partial charge in [-0.3, -0.25) is 4.79 Å². The molecular weight excluding hydrogens is 270 g/mol. The highest BCUT2D eigenvalue weighted by Gasteiger charge is 2.45. The summed E-state index contributed by atoms with van der Waals surface area (Å²) in [6.45, 7) is 4.78. The van der Waals surface area contributed by atoms with Crippen LogP contribution in [0, 0.1) is 5.41 Å². The third-order valence-electron chi connectivity index (χ3n) is 4.93. The zero-order chi connectivity index (χ0) is 14.8. The molecule has 2 aliphatic rings. The van der Waals surface area contributed by atoms with Gasteiger partial charge in [-0.2, -0.15) is 0 Å². The van der Waals surface area contributed by atoms with E-state index in [0.29, 0.717) is 4.99 Å². The Morgan fingerprint density at radius 1 is 1.20 bits per heavy atom. The van der Waals surface area contributed by atoms with Crippen molar-refractivity contribution in [2.75, 3.05) is 26.7 Å². The number of carbonyl (C=O) groups is 1. The molecule has 1 unspecified atom stereocenters. The average molecular weight is 297 g/mol. The highest BCUT2D eigenvalue weighted by Crippen LogP contribution is 2.38. The molecule has 2 fully saturated rings. The fourth-order valence-electron chi connectivity index (χ4n) is 3.61. The number of hydrogen-bond donors (Lipinski definition) is 1. The van der Waals surface area contributed by atoms with Crippen molar-refractivity contribution in [3.63, 3.8) is 0 Å². The second kappa shape index (κ2) is 6.39. The minimum atomic E-state index is -0.573. The molecule has 2 rings (SSSR count). The molecule has 1 saturated heterocycles. The number of amides is 1. The van der Waals surface area contributed by atoms with Crippen molar-refractivity contribution in [1.29, 1.82) is 0 Å². The number of nitrogens with zero attached hydrogens (tertiary/aromatic N) is 2. The molecular formula is C15H27N3OS. The van der Waals surface area contributed by atoms with E-state index in [1.807, 2.05) is 4.90 Å². The molecule has 1 saturated carbocycles. The van der Waals surface area contributed by atoms with Crippen LogP contribution in [-0.4, -0.2) is 53.4 Å². The Balaban J connectivity index is 2.20. The number of nitrogens with two attached hydrogens (primary N) is 1. The molecule has 0 bridgehead atoms. The van der Waals surface area contributed by atoms with Gasteiger partial charge in [-0.25, -0.2) is 0 Å². The van der Waals surface area contributed by atoms with Crippen LogP contribution in [0.1, 0.15) is 45.4 Å². The molecule has 2 N–H and O–H groups in total. The van der Waals surface area contributed by atoms with Gasteiger partial charge in [0.15, 0.2) is 0 Å². The summed E-state index contributed by atoms with van der Waals surface area (Å²) >= 11 is 5.32. The quantitative estimate of drug-likeness (QED) is 0.623. The second-order valence-corrected chi connectivity index (χ2v) is 6.91. The van der Waals surface area contributed by atoms with Gasteiger partial charge in [-0.05, 0) is 26.8 Å². The van der Waals surface area contributed by atoms with Crippen molar-refractivity contribution < 1.29 is 4.79 Å². The first-order valence-corrected chi connectivity index (χ1v) is 8.18. The monoisotopic (exact) mass is 297 g/mol. The molecule has 1 heterocycles. The van der Waals surface area contributed by atoms with Crippen LogP contribution in [0.3, 0.4) is 0 Å². The molecule has 0 aromatic carbocycles. The van der Waals surface area contributed by atoms with Crippen molar-refractivity contribution in [3.05, 3.63) is 0 Å². The maximum absolute atomic E-state index is 13.1. The van der Waals surface area contributed by atoms with Gasteiger partial charge in [-0.1, -0.05) is 37.9 Å². The van der Waals surface area contributed by atoms with Crippen molar-refractivity contribution in [2.45, 2.75) is 51.5 Å². The van der Waals surface area contributed by atoms with Crippen molar-refractivity contribution in [2.24, 2.45) is 11.1 Å². The summed E-state index contributed by atoms with van der Waals surface area (Å²) in [4.78, 5) is 17.8. The van der Waals surface area contributed by atoms with E-state index in [-0.39, 0.29) is 11.9 Å². The summed E-state index contributed by atoms with van der Waals surface area (Å²) in [5.41, 5.74) is 5.45. The number of rotatable bonds is 2. The van der Waals surface area contributed by atoms with Gasteiger partial charge in [0.1, 0.15) is 0 Å². The molecule has 5 heteroatoms. The van der Waals surface area contributed by atoms with Crippen LogP contribution in [0.25, 0.3) is 0 Å². The number of likely N-dealkylation sites (N-methyl/N-ethyl adjacent to an activating group) is 1. The van der Waals surface area contributed by atoms with E-state index in [1.165, 1.54) is 12.8 Å². The van der Waals surface area contributed by atoms with Crippen molar-refractivity contribution in [3.8, 4) is 0 Å². The van der Waals surface area contributed by atoms with Crippen LogP contribution in [0.5, 0.6) is 0 Å². The topological polar surface area (TPSA) is 49.6 Å². The van der Waals surface area contributed by atoms with Crippen LogP contribution in [0.15, 0.2) is 0 Å². The van der Waals surface area contributed by atoms with E-state index in [0.717, 1.165) is 45.3 Å². The molecule has 1 amide bonds. The van der Waals surface area contributed by atoms with Gasteiger partial charge >= 0.3 is 0 Å². The molecule has 0 spiro atoms. The minimum absolute atomic E-state index is 0.188. The normalized spacial score (nSPS) is 27.9. The summed E-state index contributed by atoms with van der Waals surface area (Å²) < 4.78 is 0. The summed E-state index contributed by atoms with van der Waals surface area (Å²) in [5, 5.41) is 0. The van der Waals surface area contributed by atoms with Gasteiger partial charge in [0, 0.05) is 25.7 Å². The predicted octanol–water partition coefficient (Wildman–Crippen LogP) is 1.78. The number of carbonyl (C=O) groups excluding carboxylic acids is 1. The van der Waals surface area contributed by atoms with Crippen LogP contribution in [-0.2, 0) is 4.79 Å². The molecule has 0 aromatic heterocycles. The van der Waals surface area contributed by atoms with Gasteiger partial charge in [0.05, 0.1) is 10.4 Å². The summed E-state index contributed by atoms with van der Waals surface area (Å²) in [5.74, 6) is 0.188. The second-order valence-electron chi connectivity index (χ2n) is 6.47. The zero-order valence-corrected chi connectivity index (χ0v) is 13.5. The largest absolute Gasteiger partial charge is 0.392 e. The summed E-state index contributed by atoms with van der Waals surface area (Å²) in [6, 6.07) is 0.246. The van der Waals surface area contributed by atoms with E-state index in [1.54, 1.807) is 0 Å². The van der Waals surface area contributed by atoms with E-state index < -0.39 is 5.41 Å². The maximum Gasteiger partial charge on any atom is 0.235 e. The Morgan fingerprint density at radius 2 is 1.80 bits per heavy atom. The highest BCUT2D eigenvalue weighted by molar-refractivity contribution is 7.80. The first-order valence-electron chi connectivity index (χ1n) is 7.77. The van der Waals surface area contributed by atoms with Gasteiger partial charge in [-0.15, -0.1) is 0 Å². The fraction of sp³-hybridized carbons (Fsp3) is 0.867. The molecule has 1 aliphatic carbocycles. The van der Waals surface area contributed by atoms with Crippen LogP contribution < -0.4 is 5.73 Å². The maximum atomic E-state index is 13.1. The number of thiocarbonyl (C=S) groups is 1. The first-order chi connectivity index (χ1) is 9.47. The van der Waals surface area contributed by atoms with E-state index in [9.17, 15) is 4.79 Å². The summed E-state index contributed by atoms with van der Waals surface area (Å²) in [6.07, 6.45) is 6.17. The molecule has 0 radical (unpaired) electrons. The minimum Gasteiger partial charge on any atom is -0.392 e. The van der Waals surface area contributed by atoms with E-state index in [4.69, 9.17) is 18.0 Å². The molecule has 1 atom stereocenters. The lowest BCUT2D eigenvalue weighted by Gasteiger charge is -2.43. The standard InChI is InChI=1S/C15H27N3OS/c1-12-11-17(2)9-10-18(12)14(19)15(13(16)20)7-5-3-4-6-8-15/h12H,3-11H2,1-2H3,(H2,16,20). The molecule has 0 aromatic rings. The Hall–Kier alpha value is -0.680. The third kappa shape index (κ3) is 2.98.